The number of aryl methyl sites for hydroxylation is 1. The van der Waals surface area contributed by atoms with Gasteiger partial charge in [-0.2, -0.15) is 5.10 Å². The zero-order chi connectivity index (χ0) is 21.7. The van der Waals surface area contributed by atoms with E-state index in [4.69, 9.17) is 16.7 Å². The maximum atomic E-state index is 11.6. The molecule has 0 spiro atoms. The van der Waals surface area contributed by atoms with Crippen LogP contribution in [0.3, 0.4) is 0 Å². The van der Waals surface area contributed by atoms with Crippen LogP contribution in [0.2, 0.25) is 5.02 Å². The third-order valence-electron chi connectivity index (χ3n) is 5.68. The van der Waals surface area contributed by atoms with Crippen LogP contribution < -0.4 is 4.90 Å². The van der Waals surface area contributed by atoms with E-state index in [1.165, 1.54) is 12.3 Å². The number of hydrogen-bond donors (Lipinski definition) is 2. The van der Waals surface area contributed by atoms with Gasteiger partial charge < -0.3 is 15.0 Å². The molecule has 1 aliphatic carbocycles. The Labute approximate surface area is 183 Å². The topological polar surface area (TPSA) is 87.0 Å². The summed E-state index contributed by atoms with van der Waals surface area (Å²) >= 11 is 6.20. The molecule has 0 unspecified atom stereocenters. The third kappa shape index (κ3) is 3.18. The lowest BCUT2D eigenvalue weighted by Crippen LogP contribution is -2.20. The van der Waals surface area contributed by atoms with Crippen molar-refractivity contribution >= 4 is 40.0 Å². The molecule has 3 heterocycles. The number of aromatic nitrogens is 4. The maximum Gasteiger partial charge on any atom is 0.337 e. The molecule has 31 heavy (non-hydrogen) atoms. The highest BCUT2D eigenvalue weighted by Gasteiger charge is 2.26. The molecule has 0 fully saturated rings. The molecule has 1 aromatic carbocycles. The summed E-state index contributed by atoms with van der Waals surface area (Å²) in [7, 11) is 3.95. The third-order valence-corrected chi connectivity index (χ3v) is 5.92. The number of carboxylic acid groups (broad SMARTS) is 1. The lowest BCUT2D eigenvalue weighted by atomic mass is 9.97. The Balaban J connectivity index is 1.62. The van der Waals surface area contributed by atoms with Gasteiger partial charge in [0, 0.05) is 36.6 Å². The number of benzene rings is 1. The van der Waals surface area contributed by atoms with E-state index < -0.39 is 5.97 Å². The van der Waals surface area contributed by atoms with Crippen LogP contribution in [0, 0.1) is 0 Å². The smallest absolute Gasteiger partial charge is 0.337 e. The highest BCUT2D eigenvalue weighted by molar-refractivity contribution is 6.30. The van der Waals surface area contributed by atoms with Crippen molar-refractivity contribution in [1.82, 2.24) is 19.7 Å². The van der Waals surface area contributed by atoms with E-state index in [1.54, 1.807) is 0 Å². The molecule has 0 saturated carbocycles. The summed E-state index contributed by atoms with van der Waals surface area (Å²) in [6.07, 6.45) is 5.45. The summed E-state index contributed by atoms with van der Waals surface area (Å²) in [5.41, 5.74) is 7.11. The first-order valence-corrected chi connectivity index (χ1v) is 10.3. The molecule has 8 heteroatoms. The van der Waals surface area contributed by atoms with Crippen LogP contribution >= 0.6 is 11.6 Å². The van der Waals surface area contributed by atoms with Crippen molar-refractivity contribution in [2.75, 3.05) is 11.9 Å². The second-order valence-corrected chi connectivity index (χ2v) is 8.01. The maximum absolute atomic E-state index is 11.6. The summed E-state index contributed by atoms with van der Waals surface area (Å²) in [6.45, 7) is 0. The number of fused-ring (bicyclic) bond motifs is 2. The Hall–Kier alpha value is -3.58. The summed E-state index contributed by atoms with van der Waals surface area (Å²) in [4.78, 5) is 21.3. The zero-order valence-corrected chi connectivity index (χ0v) is 17.8. The normalized spacial score (nSPS) is 13.2. The van der Waals surface area contributed by atoms with E-state index in [1.807, 2.05) is 49.1 Å². The fourth-order valence-corrected chi connectivity index (χ4v) is 4.43. The average Bonchev–Trinajstić information content (AvgIpc) is 3.34. The van der Waals surface area contributed by atoms with Gasteiger partial charge in [0.1, 0.15) is 5.69 Å². The van der Waals surface area contributed by atoms with Crippen LogP contribution in [0.25, 0.3) is 28.1 Å². The second kappa shape index (κ2) is 7.28. The van der Waals surface area contributed by atoms with Gasteiger partial charge in [0.2, 0.25) is 0 Å². The number of carbonyl (C=O) groups is 1. The number of pyridine rings is 1. The second-order valence-electron chi connectivity index (χ2n) is 7.57. The number of halogens is 1. The number of aromatic amines is 1. The van der Waals surface area contributed by atoms with Crippen LogP contribution in [0.1, 0.15) is 28.0 Å². The minimum atomic E-state index is -0.989. The molecular formula is C23H20ClN5O2. The lowest BCUT2D eigenvalue weighted by Gasteiger charge is -2.26. The number of nitrogens with zero attached hydrogens (tertiary/aromatic N) is 4. The SMILES string of the molecule is CN(C1=CCCc2c(-c3cc4nccc(C(=O)O)c4[nH]3)nn(C)c21)c1cccc(Cl)c1. The minimum absolute atomic E-state index is 0.197. The van der Waals surface area contributed by atoms with E-state index in [0.717, 1.165) is 46.9 Å². The average molecular weight is 434 g/mol. The highest BCUT2D eigenvalue weighted by Crippen LogP contribution is 2.37. The Bertz CT molecular complexity index is 1370. The van der Waals surface area contributed by atoms with Gasteiger partial charge in [-0.25, -0.2) is 4.79 Å². The number of aromatic carboxylic acids is 1. The molecule has 7 nitrogen and oxygen atoms in total. The van der Waals surface area contributed by atoms with Gasteiger partial charge in [-0.15, -0.1) is 0 Å². The summed E-state index contributed by atoms with van der Waals surface area (Å²) in [6, 6.07) is 11.1. The number of hydrogen-bond acceptors (Lipinski definition) is 4. The summed E-state index contributed by atoms with van der Waals surface area (Å²) < 4.78 is 1.88. The van der Waals surface area contributed by atoms with Crippen molar-refractivity contribution in [3.05, 3.63) is 70.5 Å². The predicted molar refractivity (Wildman–Crippen MR) is 121 cm³/mol. The van der Waals surface area contributed by atoms with Crippen molar-refractivity contribution in [3.63, 3.8) is 0 Å². The van der Waals surface area contributed by atoms with E-state index in [9.17, 15) is 9.90 Å². The Kier molecular flexibility index (Phi) is 4.55. The molecule has 0 atom stereocenters. The highest BCUT2D eigenvalue weighted by atomic mass is 35.5. The first-order valence-electron chi connectivity index (χ1n) is 9.91. The minimum Gasteiger partial charge on any atom is -0.478 e. The lowest BCUT2D eigenvalue weighted by molar-refractivity contribution is 0.0698. The Morgan fingerprint density at radius 1 is 1.29 bits per heavy atom. The molecule has 4 aromatic rings. The first kappa shape index (κ1) is 19.4. The van der Waals surface area contributed by atoms with E-state index in [0.29, 0.717) is 16.1 Å². The summed E-state index contributed by atoms with van der Waals surface area (Å²) in [5.74, 6) is -0.989. The molecule has 0 saturated heterocycles. The number of rotatable bonds is 4. The van der Waals surface area contributed by atoms with Crippen LogP contribution in [-0.2, 0) is 13.5 Å². The van der Waals surface area contributed by atoms with Crippen molar-refractivity contribution in [2.24, 2.45) is 7.05 Å². The molecule has 0 aliphatic heterocycles. The van der Waals surface area contributed by atoms with Crippen molar-refractivity contribution in [1.29, 1.82) is 0 Å². The van der Waals surface area contributed by atoms with Crippen molar-refractivity contribution in [2.45, 2.75) is 12.8 Å². The largest absolute Gasteiger partial charge is 0.478 e. The Morgan fingerprint density at radius 3 is 2.90 bits per heavy atom. The van der Waals surface area contributed by atoms with Gasteiger partial charge in [-0.3, -0.25) is 9.67 Å². The fraction of sp³-hybridized carbons (Fsp3) is 0.174. The predicted octanol–water partition coefficient (Wildman–Crippen LogP) is 4.74. The molecule has 0 amide bonds. The van der Waals surface area contributed by atoms with Crippen molar-refractivity contribution < 1.29 is 9.90 Å². The number of nitrogens with one attached hydrogen (secondary N) is 1. The van der Waals surface area contributed by atoms with Crippen LogP contribution in [0.15, 0.2) is 48.7 Å². The zero-order valence-electron chi connectivity index (χ0n) is 17.1. The molecule has 3 aromatic heterocycles. The molecular weight excluding hydrogens is 414 g/mol. The van der Waals surface area contributed by atoms with Gasteiger partial charge >= 0.3 is 5.97 Å². The van der Waals surface area contributed by atoms with Gasteiger partial charge in [-0.1, -0.05) is 23.7 Å². The molecule has 5 rings (SSSR count). The van der Waals surface area contributed by atoms with Crippen molar-refractivity contribution in [3.8, 4) is 11.4 Å². The molecule has 156 valence electrons. The quantitative estimate of drug-likeness (QED) is 0.485. The number of allylic oxidation sites excluding steroid dienone is 1. The summed E-state index contributed by atoms with van der Waals surface area (Å²) in [5, 5.41) is 15.0. The number of anilines is 1. The van der Waals surface area contributed by atoms with Gasteiger partial charge in [0.05, 0.1) is 33.7 Å². The van der Waals surface area contributed by atoms with Gasteiger partial charge in [0.25, 0.3) is 0 Å². The van der Waals surface area contributed by atoms with E-state index in [-0.39, 0.29) is 5.56 Å². The first-order chi connectivity index (χ1) is 14.9. The standard InChI is InChI=1S/C23H20ClN5O2/c1-28(14-6-3-5-13(24)11-14)19-8-4-7-15-21(27-29(2)22(15)19)18-12-17-20(26-18)16(23(30)31)9-10-25-17/h3,5-6,8-12,26H,4,7H2,1-2H3,(H,30,31). The van der Waals surface area contributed by atoms with Crippen LogP contribution in [-0.4, -0.2) is 37.9 Å². The van der Waals surface area contributed by atoms with Crippen LogP contribution in [0.4, 0.5) is 5.69 Å². The fourth-order valence-electron chi connectivity index (χ4n) is 4.24. The molecule has 2 N–H and O–H groups in total. The number of H-pyrrole nitrogens is 1. The van der Waals surface area contributed by atoms with E-state index >= 15 is 0 Å². The van der Waals surface area contributed by atoms with Gasteiger partial charge in [0.15, 0.2) is 0 Å². The van der Waals surface area contributed by atoms with E-state index in [2.05, 4.69) is 20.9 Å². The molecule has 0 radical (unpaired) electrons. The van der Waals surface area contributed by atoms with Crippen LogP contribution in [0.5, 0.6) is 0 Å². The Morgan fingerprint density at radius 2 is 2.13 bits per heavy atom. The monoisotopic (exact) mass is 433 g/mol. The molecule has 1 aliphatic rings. The molecule has 0 bridgehead atoms. The van der Waals surface area contributed by atoms with Gasteiger partial charge in [-0.05, 0) is 43.2 Å². The number of carboxylic acids is 1.